The van der Waals surface area contributed by atoms with Crippen molar-refractivity contribution in [1.82, 2.24) is 0 Å². The number of carbonyl (C=O) groups is 2. The SMILES string of the molecule is CCCCCC1CC(c2ccc(C(=O)Oc3ccc(-c4ccc(C(=O)OC[C@H](C)CC)cc4)cc3)cc2)=NO1. The van der Waals surface area contributed by atoms with Crippen LogP contribution in [0.2, 0.25) is 0 Å². The van der Waals surface area contributed by atoms with Crippen LogP contribution in [0.25, 0.3) is 11.1 Å². The summed E-state index contributed by atoms with van der Waals surface area (Å²) in [5, 5.41) is 4.25. The highest BCUT2D eigenvalue weighted by Crippen LogP contribution is 2.25. The average Bonchev–Trinajstić information content (AvgIpc) is 3.45. The van der Waals surface area contributed by atoms with Gasteiger partial charge in [0.05, 0.1) is 23.4 Å². The maximum absolute atomic E-state index is 12.7. The van der Waals surface area contributed by atoms with Crippen LogP contribution in [0.3, 0.4) is 0 Å². The van der Waals surface area contributed by atoms with Gasteiger partial charge in [-0.3, -0.25) is 0 Å². The van der Waals surface area contributed by atoms with E-state index in [0.717, 1.165) is 48.1 Å². The molecule has 4 rings (SSSR count). The van der Waals surface area contributed by atoms with E-state index in [4.69, 9.17) is 14.3 Å². The minimum absolute atomic E-state index is 0.146. The van der Waals surface area contributed by atoms with Crippen molar-refractivity contribution in [1.29, 1.82) is 0 Å². The maximum atomic E-state index is 12.7. The fraction of sp³-hybridized carbons (Fsp3) is 0.364. The van der Waals surface area contributed by atoms with Gasteiger partial charge in [-0.2, -0.15) is 0 Å². The lowest BCUT2D eigenvalue weighted by molar-refractivity contribution is 0.0447. The maximum Gasteiger partial charge on any atom is 0.343 e. The predicted molar refractivity (Wildman–Crippen MR) is 153 cm³/mol. The minimum Gasteiger partial charge on any atom is -0.462 e. The third-order valence-electron chi connectivity index (χ3n) is 7.03. The molecule has 1 aliphatic heterocycles. The Morgan fingerprint density at radius 2 is 1.44 bits per heavy atom. The number of carbonyl (C=O) groups excluding carboxylic acids is 2. The first-order valence-electron chi connectivity index (χ1n) is 13.9. The molecule has 0 aliphatic carbocycles. The molecule has 3 aromatic carbocycles. The summed E-state index contributed by atoms with van der Waals surface area (Å²) in [5.74, 6) is 0.0710. The molecular formula is C33H37NO5. The molecule has 0 saturated heterocycles. The molecule has 1 unspecified atom stereocenters. The topological polar surface area (TPSA) is 74.2 Å². The Labute approximate surface area is 231 Å². The number of hydrogen-bond donors (Lipinski definition) is 0. The number of ether oxygens (including phenoxy) is 2. The zero-order valence-corrected chi connectivity index (χ0v) is 23.0. The zero-order chi connectivity index (χ0) is 27.6. The molecule has 0 saturated carbocycles. The quantitative estimate of drug-likeness (QED) is 0.136. The van der Waals surface area contributed by atoms with E-state index in [2.05, 4.69) is 25.9 Å². The normalized spacial score (nSPS) is 15.3. The van der Waals surface area contributed by atoms with Gasteiger partial charge in [-0.15, -0.1) is 0 Å². The third-order valence-corrected chi connectivity index (χ3v) is 7.03. The fourth-order valence-electron chi connectivity index (χ4n) is 4.27. The van der Waals surface area contributed by atoms with Crippen molar-refractivity contribution in [3.8, 4) is 16.9 Å². The van der Waals surface area contributed by atoms with E-state index in [9.17, 15) is 9.59 Å². The van der Waals surface area contributed by atoms with Gasteiger partial charge in [0.25, 0.3) is 0 Å². The highest BCUT2D eigenvalue weighted by atomic mass is 16.6. The summed E-state index contributed by atoms with van der Waals surface area (Å²) in [6, 6.07) is 21.9. The van der Waals surface area contributed by atoms with E-state index in [1.807, 2.05) is 36.4 Å². The van der Waals surface area contributed by atoms with Gasteiger partial charge in [0.2, 0.25) is 0 Å². The van der Waals surface area contributed by atoms with Crippen molar-refractivity contribution < 1.29 is 23.9 Å². The number of oxime groups is 1. The summed E-state index contributed by atoms with van der Waals surface area (Å²) in [7, 11) is 0. The number of nitrogens with zero attached hydrogens (tertiary/aromatic N) is 1. The smallest absolute Gasteiger partial charge is 0.343 e. The standard InChI is InChI=1S/C33H37NO5/c1-4-6-7-8-30-21-31(34-39-30)26-11-15-28(16-12-26)33(36)38-29-19-17-25(18-20-29)24-9-13-27(14-10-24)32(35)37-22-23(3)5-2/h9-20,23,30H,4-8,21-22H2,1-3H3/t23-,30?/m1/s1. The molecule has 1 heterocycles. The van der Waals surface area contributed by atoms with E-state index >= 15 is 0 Å². The number of unbranched alkanes of at least 4 members (excludes halogenated alkanes) is 2. The van der Waals surface area contributed by atoms with Crippen LogP contribution in [0.1, 0.15) is 85.6 Å². The van der Waals surface area contributed by atoms with E-state index in [-0.39, 0.29) is 12.1 Å². The molecule has 3 aromatic rings. The Bertz CT molecular complexity index is 1260. The van der Waals surface area contributed by atoms with Gasteiger partial charge in [0.15, 0.2) is 0 Å². The summed E-state index contributed by atoms with van der Waals surface area (Å²) >= 11 is 0. The van der Waals surface area contributed by atoms with E-state index in [0.29, 0.717) is 29.4 Å². The molecule has 204 valence electrons. The second-order valence-electron chi connectivity index (χ2n) is 10.1. The molecule has 6 nitrogen and oxygen atoms in total. The lowest BCUT2D eigenvalue weighted by Crippen LogP contribution is -2.11. The van der Waals surface area contributed by atoms with Gasteiger partial charge < -0.3 is 14.3 Å². The van der Waals surface area contributed by atoms with Crippen molar-refractivity contribution in [3.05, 3.63) is 89.5 Å². The molecule has 2 atom stereocenters. The van der Waals surface area contributed by atoms with Crippen LogP contribution in [0, 0.1) is 5.92 Å². The van der Waals surface area contributed by atoms with Gasteiger partial charge in [-0.1, -0.05) is 81.6 Å². The molecule has 0 aromatic heterocycles. The van der Waals surface area contributed by atoms with Crippen LogP contribution < -0.4 is 4.74 Å². The molecule has 0 radical (unpaired) electrons. The first kappa shape index (κ1) is 28.1. The molecular weight excluding hydrogens is 490 g/mol. The first-order valence-corrected chi connectivity index (χ1v) is 13.9. The summed E-state index contributed by atoms with van der Waals surface area (Å²) in [6.07, 6.45) is 6.47. The summed E-state index contributed by atoms with van der Waals surface area (Å²) in [4.78, 5) is 30.5. The summed E-state index contributed by atoms with van der Waals surface area (Å²) < 4.78 is 10.9. The van der Waals surface area contributed by atoms with E-state index in [1.165, 1.54) is 12.8 Å². The van der Waals surface area contributed by atoms with Crippen molar-refractivity contribution >= 4 is 17.7 Å². The predicted octanol–water partition coefficient (Wildman–Crippen LogP) is 7.85. The van der Waals surface area contributed by atoms with Crippen LogP contribution in [0.15, 0.2) is 78.0 Å². The van der Waals surface area contributed by atoms with Crippen molar-refractivity contribution in [3.63, 3.8) is 0 Å². The Morgan fingerprint density at radius 3 is 2.05 bits per heavy atom. The first-order chi connectivity index (χ1) is 19.0. The fourth-order valence-corrected chi connectivity index (χ4v) is 4.27. The molecule has 0 amide bonds. The number of rotatable bonds is 12. The van der Waals surface area contributed by atoms with Crippen LogP contribution in [0.5, 0.6) is 5.75 Å². The third kappa shape index (κ3) is 7.79. The average molecular weight is 528 g/mol. The highest BCUT2D eigenvalue weighted by Gasteiger charge is 2.22. The molecule has 6 heteroatoms. The van der Waals surface area contributed by atoms with Gasteiger partial charge in [0.1, 0.15) is 11.9 Å². The second kappa shape index (κ2) is 13.7. The Balaban J connectivity index is 1.29. The molecule has 0 N–H and O–H groups in total. The van der Waals surface area contributed by atoms with Crippen molar-refractivity contribution in [2.24, 2.45) is 11.1 Å². The molecule has 0 bridgehead atoms. The van der Waals surface area contributed by atoms with Crippen molar-refractivity contribution in [2.75, 3.05) is 6.61 Å². The summed E-state index contributed by atoms with van der Waals surface area (Å²) in [6.45, 7) is 6.74. The van der Waals surface area contributed by atoms with E-state index < -0.39 is 5.97 Å². The van der Waals surface area contributed by atoms with E-state index in [1.54, 1.807) is 36.4 Å². The van der Waals surface area contributed by atoms with Gasteiger partial charge in [0, 0.05) is 6.42 Å². The lowest BCUT2D eigenvalue weighted by Gasteiger charge is -2.10. The number of hydrogen-bond acceptors (Lipinski definition) is 6. The van der Waals surface area contributed by atoms with Gasteiger partial charge in [-0.25, -0.2) is 9.59 Å². The van der Waals surface area contributed by atoms with Gasteiger partial charge in [-0.05, 0) is 71.8 Å². The summed E-state index contributed by atoms with van der Waals surface area (Å²) in [5.41, 5.74) is 4.78. The second-order valence-corrected chi connectivity index (χ2v) is 10.1. The Hall–Kier alpha value is -3.93. The number of esters is 2. The van der Waals surface area contributed by atoms with Crippen LogP contribution in [-0.4, -0.2) is 30.4 Å². The molecule has 39 heavy (non-hydrogen) atoms. The Morgan fingerprint density at radius 1 is 0.846 bits per heavy atom. The van der Waals surface area contributed by atoms with Crippen LogP contribution in [-0.2, 0) is 9.57 Å². The zero-order valence-electron chi connectivity index (χ0n) is 23.0. The minimum atomic E-state index is -0.420. The monoisotopic (exact) mass is 527 g/mol. The van der Waals surface area contributed by atoms with Crippen LogP contribution >= 0.6 is 0 Å². The largest absolute Gasteiger partial charge is 0.462 e. The van der Waals surface area contributed by atoms with Crippen LogP contribution in [0.4, 0.5) is 0 Å². The molecule has 0 spiro atoms. The lowest BCUT2D eigenvalue weighted by atomic mass is 10.0. The number of benzene rings is 3. The Kier molecular flexibility index (Phi) is 9.90. The molecule has 0 fully saturated rings. The van der Waals surface area contributed by atoms with Gasteiger partial charge >= 0.3 is 11.9 Å². The highest BCUT2D eigenvalue weighted by molar-refractivity contribution is 6.02. The molecule has 1 aliphatic rings. The van der Waals surface area contributed by atoms with Crippen molar-refractivity contribution in [2.45, 2.75) is 65.4 Å².